The number of amides is 1. The minimum absolute atomic E-state index is 0.0654. The smallest absolute Gasteiger partial charge is 0.250 e. The van der Waals surface area contributed by atoms with Crippen molar-refractivity contribution in [1.29, 1.82) is 0 Å². The third kappa shape index (κ3) is 3.69. The second-order valence-electron chi connectivity index (χ2n) is 3.68. The Kier molecular flexibility index (Phi) is 4.22. The van der Waals surface area contributed by atoms with Crippen molar-refractivity contribution < 1.29 is 13.2 Å². The summed E-state index contributed by atoms with van der Waals surface area (Å²) in [6.07, 6.45) is 1.63. The maximum Gasteiger partial charge on any atom is 0.250 e. The van der Waals surface area contributed by atoms with Crippen molar-refractivity contribution in [1.82, 2.24) is 14.9 Å². The van der Waals surface area contributed by atoms with Gasteiger partial charge in [0.25, 0.3) is 5.91 Å². The van der Waals surface area contributed by atoms with Crippen molar-refractivity contribution in [3.63, 3.8) is 0 Å². The lowest BCUT2D eigenvalue weighted by atomic mass is 10.3. The van der Waals surface area contributed by atoms with Crippen LogP contribution in [0.5, 0.6) is 0 Å². The Morgan fingerprint density at radius 2 is 2.19 bits per heavy atom. The first-order valence-corrected chi connectivity index (χ1v) is 7.18. The Balaban J connectivity index is 2.33. The molecule has 1 rings (SSSR count). The van der Waals surface area contributed by atoms with Crippen molar-refractivity contribution in [2.75, 3.05) is 19.3 Å². The summed E-state index contributed by atoms with van der Waals surface area (Å²) >= 11 is 4.97. The van der Waals surface area contributed by atoms with Crippen molar-refractivity contribution in [3.8, 4) is 0 Å². The Morgan fingerprint density at radius 1 is 1.56 bits per heavy atom. The molecule has 1 atom stereocenters. The van der Waals surface area contributed by atoms with Gasteiger partial charge in [-0.3, -0.25) is 9.69 Å². The van der Waals surface area contributed by atoms with Gasteiger partial charge in [0.15, 0.2) is 5.11 Å². The molecule has 0 aliphatic carbocycles. The molecule has 92 valence electrons. The van der Waals surface area contributed by atoms with E-state index in [2.05, 4.69) is 10.0 Å². The number of rotatable bonds is 5. The van der Waals surface area contributed by atoms with Crippen LogP contribution in [0.25, 0.3) is 0 Å². The Labute approximate surface area is 100 Å². The molecule has 0 aromatic rings. The second kappa shape index (κ2) is 5.07. The fraction of sp³-hybridized carbons (Fsp3) is 0.750. The lowest BCUT2D eigenvalue weighted by Crippen LogP contribution is -2.34. The number of carbonyl (C=O) groups excluding carboxylic acids is 1. The normalized spacial score (nSPS) is 21.4. The third-order valence-electron chi connectivity index (χ3n) is 2.14. The van der Waals surface area contributed by atoms with Crippen LogP contribution in [0, 0.1) is 0 Å². The van der Waals surface area contributed by atoms with Crippen molar-refractivity contribution in [3.05, 3.63) is 0 Å². The highest BCUT2D eigenvalue weighted by atomic mass is 32.2. The van der Waals surface area contributed by atoms with Gasteiger partial charge < -0.3 is 5.32 Å². The first kappa shape index (κ1) is 13.3. The molecule has 1 fully saturated rings. The number of thiocarbonyl (C=S) groups is 1. The minimum atomic E-state index is -3.16. The van der Waals surface area contributed by atoms with E-state index in [1.165, 1.54) is 4.90 Å². The zero-order valence-corrected chi connectivity index (χ0v) is 10.8. The second-order valence-corrected chi connectivity index (χ2v) is 5.90. The number of nitrogens with one attached hydrogen (secondary N) is 2. The van der Waals surface area contributed by atoms with E-state index >= 15 is 0 Å². The van der Waals surface area contributed by atoms with Gasteiger partial charge in [0.1, 0.15) is 6.04 Å². The Morgan fingerprint density at radius 3 is 2.62 bits per heavy atom. The fourth-order valence-corrected chi connectivity index (χ4v) is 2.24. The number of hydrogen-bond donors (Lipinski definition) is 2. The van der Waals surface area contributed by atoms with Gasteiger partial charge in [-0.05, 0) is 25.6 Å². The topological polar surface area (TPSA) is 78.5 Å². The standard InChI is InChI=1S/C8H15N3O3S2/c1-6-7(12)11(8(15)10-6)5-3-4-9-16(2,13)14/h6,9H,3-5H2,1-2H3,(H,10,15). The Hall–Kier alpha value is -0.730. The molecule has 1 amide bonds. The largest absolute Gasteiger partial charge is 0.351 e. The van der Waals surface area contributed by atoms with Crippen molar-refractivity contribution in [2.45, 2.75) is 19.4 Å². The van der Waals surface area contributed by atoms with E-state index in [4.69, 9.17) is 12.2 Å². The van der Waals surface area contributed by atoms with Crippen LogP contribution in [0.1, 0.15) is 13.3 Å². The maximum absolute atomic E-state index is 11.5. The molecule has 1 heterocycles. The van der Waals surface area contributed by atoms with E-state index in [0.717, 1.165) is 6.26 Å². The quantitative estimate of drug-likeness (QED) is 0.494. The Bertz CT molecular complexity index is 393. The van der Waals surface area contributed by atoms with Gasteiger partial charge >= 0.3 is 0 Å². The zero-order valence-electron chi connectivity index (χ0n) is 9.19. The molecule has 0 saturated carbocycles. The van der Waals surface area contributed by atoms with Crippen LogP contribution in [-0.4, -0.2) is 49.7 Å². The summed E-state index contributed by atoms with van der Waals surface area (Å²) in [5.41, 5.74) is 0. The third-order valence-corrected chi connectivity index (χ3v) is 3.21. The summed E-state index contributed by atoms with van der Waals surface area (Å²) in [7, 11) is -3.16. The van der Waals surface area contributed by atoms with Crippen LogP contribution in [0.2, 0.25) is 0 Å². The van der Waals surface area contributed by atoms with Crippen LogP contribution in [0.3, 0.4) is 0 Å². The van der Waals surface area contributed by atoms with E-state index in [1.807, 2.05) is 0 Å². The molecule has 6 nitrogen and oxygen atoms in total. The van der Waals surface area contributed by atoms with Crippen molar-refractivity contribution in [2.24, 2.45) is 0 Å². The van der Waals surface area contributed by atoms with Crippen molar-refractivity contribution >= 4 is 33.3 Å². The molecule has 1 unspecified atom stereocenters. The lowest BCUT2D eigenvalue weighted by Gasteiger charge is -2.14. The van der Waals surface area contributed by atoms with Gasteiger partial charge in [-0.25, -0.2) is 13.1 Å². The summed E-state index contributed by atoms with van der Waals surface area (Å²) in [6.45, 7) is 2.47. The molecule has 0 aromatic heterocycles. The minimum Gasteiger partial charge on any atom is -0.351 e. The molecule has 0 radical (unpaired) electrons. The molecule has 1 saturated heterocycles. The maximum atomic E-state index is 11.5. The van der Waals surface area contributed by atoms with Crippen LogP contribution in [0.4, 0.5) is 0 Å². The van der Waals surface area contributed by atoms with Gasteiger partial charge in [0.2, 0.25) is 10.0 Å². The highest BCUT2D eigenvalue weighted by Crippen LogP contribution is 2.06. The molecule has 16 heavy (non-hydrogen) atoms. The summed E-state index contributed by atoms with van der Waals surface area (Å²) in [6, 6.07) is -0.282. The molecule has 8 heteroatoms. The van der Waals surface area contributed by atoms with Crippen LogP contribution in [0.15, 0.2) is 0 Å². The van der Waals surface area contributed by atoms with E-state index in [0.29, 0.717) is 24.6 Å². The van der Waals surface area contributed by atoms with Gasteiger partial charge in [-0.15, -0.1) is 0 Å². The van der Waals surface area contributed by atoms with Crippen LogP contribution < -0.4 is 10.0 Å². The van der Waals surface area contributed by atoms with E-state index < -0.39 is 10.0 Å². The van der Waals surface area contributed by atoms with Gasteiger partial charge in [-0.2, -0.15) is 0 Å². The van der Waals surface area contributed by atoms with Gasteiger partial charge in [0, 0.05) is 13.1 Å². The average Bonchev–Trinajstić information content (AvgIpc) is 2.36. The summed E-state index contributed by atoms with van der Waals surface area (Å²) in [5, 5.41) is 3.26. The van der Waals surface area contributed by atoms with E-state index in [9.17, 15) is 13.2 Å². The fourth-order valence-electron chi connectivity index (χ4n) is 1.37. The molecule has 0 aromatic carbocycles. The highest BCUT2D eigenvalue weighted by molar-refractivity contribution is 7.88. The SMILES string of the molecule is CC1NC(=S)N(CCCNS(C)(=O)=O)C1=O. The predicted molar refractivity (Wildman–Crippen MR) is 64.4 cm³/mol. The number of nitrogens with zero attached hydrogens (tertiary/aromatic N) is 1. The molecule has 1 aliphatic rings. The molecule has 2 N–H and O–H groups in total. The first-order valence-electron chi connectivity index (χ1n) is 4.88. The number of hydrogen-bond acceptors (Lipinski definition) is 4. The monoisotopic (exact) mass is 265 g/mol. The highest BCUT2D eigenvalue weighted by Gasteiger charge is 2.31. The summed E-state index contributed by atoms with van der Waals surface area (Å²) in [4.78, 5) is 13.0. The number of sulfonamides is 1. The molecule has 0 bridgehead atoms. The lowest BCUT2D eigenvalue weighted by molar-refractivity contribution is -0.126. The van der Waals surface area contributed by atoms with Crippen LogP contribution in [-0.2, 0) is 14.8 Å². The molecule has 0 spiro atoms. The molecular weight excluding hydrogens is 250 g/mol. The van der Waals surface area contributed by atoms with E-state index in [1.54, 1.807) is 6.92 Å². The summed E-state index contributed by atoms with van der Waals surface area (Å²) < 4.78 is 23.9. The first-order chi connectivity index (χ1) is 7.31. The van der Waals surface area contributed by atoms with Gasteiger partial charge in [-0.1, -0.05) is 0 Å². The number of carbonyl (C=O) groups is 1. The summed E-state index contributed by atoms with van der Waals surface area (Å²) in [5.74, 6) is -0.0654. The average molecular weight is 265 g/mol. The van der Waals surface area contributed by atoms with Gasteiger partial charge in [0.05, 0.1) is 6.26 Å². The molecular formula is C8H15N3O3S2. The molecule has 1 aliphatic heterocycles. The van der Waals surface area contributed by atoms with E-state index in [-0.39, 0.29) is 11.9 Å². The van der Waals surface area contributed by atoms with Crippen LogP contribution >= 0.6 is 12.2 Å². The predicted octanol–water partition coefficient (Wildman–Crippen LogP) is -0.969. The zero-order chi connectivity index (χ0) is 12.3.